The molecular formula is C31H45FN4O. The number of likely N-dealkylation sites (tertiary alicyclic amines) is 1. The summed E-state index contributed by atoms with van der Waals surface area (Å²) < 4.78 is 20.3. The van der Waals surface area contributed by atoms with E-state index in [0.29, 0.717) is 11.5 Å². The quantitative estimate of drug-likeness (QED) is 0.157. The lowest BCUT2D eigenvalue weighted by molar-refractivity contribution is 0.131. The molecule has 0 amide bonds. The van der Waals surface area contributed by atoms with Crippen molar-refractivity contribution in [2.75, 3.05) is 26.7 Å². The van der Waals surface area contributed by atoms with Gasteiger partial charge in [0.15, 0.2) is 0 Å². The Morgan fingerprint density at radius 1 is 1.14 bits per heavy atom. The first kappa shape index (κ1) is 28.7. The van der Waals surface area contributed by atoms with Gasteiger partial charge in [0.1, 0.15) is 23.4 Å². The van der Waals surface area contributed by atoms with Gasteiger partial charge in [-0.15, -0.1) is 0 Å². The van der Waals surface area contributed by atoms with Crippen molar-refractivity contribution in [2.24, 2.45) is 16.9 Å². The van der Waals surface area contributed by atoms with Gasteiger partial charge in [0, 0.05) is 25.9 Å². The number of amidine groups is 1. The minimum atomic E-state index is -1.34. The molecule has 3 rings (SSSR count). The number of nitrogens with two attached hydrogens (primary N) is 1. The maximum atomic E-state index is 14.1. The van der Waals surface area contributed by atoms with E-state index < -0.39 is 5.67 Å². The van der Waals surface area contributed by atoms with Crippen LogP contribution in [0.25, 0.3) is 0 Å². The fourth-order valence-corrected chi connectivity index (χ4v) is 4.78. The van der Waals surface area contributed by atoms with Gasteiger partial charge in [0.05, 0.1) is 0 Å². The lowest BCUT2D eigenvalue weighted by Gasteiger charge is -2.33. The van der Waals surface area contributed by atoms with Crippen LogP contribution in [-0.4, -0.2) is 43.5 Å². The van der Waals surface area contributed by atoms with Crippen LogP contribution in [0.1, 0.15) is 62.6 Å². The van der Waals surface area contributed by atoms with Crippen molar-refractivity contribution in [3.63, 3.8) is 0 Å². The highest BCUT2D eigenvalue weighted by Gasteiger charge is 2.23. The number of alkyl halides is 1. The Kier molecular flexibility index (Phi) is 11.0. The van der Waals surface area contributed by atoms with Gasteiger partial charge < -0.3 is 20.8 Å². The minimum Gasteiger partial charge on any atom is -0.490 e. The number of halogens is 1. The molecule has 3 N–H and O–H groups in total. The van der Waals surface area contributed by atoms with E-state index in [4.69, 9.17) is 10.6 Å². The molecule has 1 aliphatic rings. The molecule has 0 saturated carbocycles. The molecule has 37 heavy (non-hydrogen) atoms. The normalized spacial score (nSPS) is 16.4. The van der Waals surface area contributed by atoms with Crippen molar-refractivity contribution in [1.29, 1.82) is 0 Å². The van der Waals surface area contributed by atoms with Crippen LogP contribution >= 0.6 is 0 Å². The number of rotatable bonds is 12. The lowest BCUT2D eigenvalue weighted by atomic mass is 9.93. The number of ether oxygens (including phenoxy) is 1. The van der Waals surface area contributed by atoms with Crippen molar-refractivity contribution < 1.29 is 9.13 Å². The molecule has 1 heterocycles. The van der Waals surface area contributed by atoms with Gasteiger partial charge in [-0.1, -0.05) is 48.0 Å². The lowest BCUT2D eigenvalue weighted by Crippen LogP contribution is -2.41. The van der Waals surface area contributed by atoms with E-state index in [1.165, 1.54) is 11.1 Å². The molecule has 6 heteroatoms. The Morgan fingerprint density at radius 2 is 1.81 bits per heavy atom. The summed E-state index contributed by atoms with van der Waals surface area (Å²) in [6, 6.07) is 16.2. The van der Waals surface area contributed by atoms with Crippen molar-refractivity contribution in [1.82, 2.24) is 10.2 Å². The molecular weight excluding hydrogens is 463 g/mol. The summed E-state index contributed by atoms with van der Waals surface area (Å²) in [5, 5.41) is 7.37. The highest BCUT2D eigenvalue weighted by Crippen LogP contribution is 2.27. The number of nitrogens with zero attached hydrogens (tertiary/aromatic N) is 2. The molecule has 202 valence electrons. The zero-order valence-electron chi connectivity index (χ0n) is 23.1. The van der Waals surface area contributed by atoms with E-state index in [-0.39, 0.29) is 6.10 Å². The van der Waals surface area contributed by atoms with Crippen molar-refractivity contribution in [2.45, 2.75) is 71.1 Å². The maximum absolute atomic E-state index is 14.1. The second-order valence-corrected chi connectivity index (χ2v) is 10.7. The third-order valence-electron chi connectivity index (χ3n) is 7.24. The topological polar surface area (TPSA) is 62.9 Å². The van der Waals surface area contributed by atoms with E-state index >= 15 is 0 Å². The smallest absolute Gasteiger partial charge is 0.147 e. The molecule has 1 fully saturated rings. The van der Waals surface area contributed by atoms with E-state index in [9.17, 15) is 4.39 Å². The van der Waals surface area contributed by atoms with Crippen LogP contribution in [-0.2, 0) is 12.1 Å². The largest absolute Gasteiger partial charge is 0.490 e. The van der Waals surface area contributed by atoms with Crippen LogP contribution in [0.3, 0.4) is 0 Å². The summed E-state index contributed by atoms with van der Waals surface area (Å²) in [5.41, 5.74) is 2.02. The molecule has 1 saturated heterocycles. The number of hydrazone groups is 1. The summed E-state index contributed by atoms with van der Waals surface area (Å²) in [5.74, 6) is 8.01. The molecule has 1 atom stereocenters. The van der Waals surface area contributed by atoms with E-state index in [1.54, 1.807) is 26.0 Å². The van der Waals surface area contributed by atoms with Gasteiger partial charge in [0.25, 0.3) is 0 Å². The average Bonchev–Trinajstić information content (AvgIpc) is 2.89. The molecule has 1 unspecified atom stereocenters. The van der Waals surface area contributed by atoms with Gasteiger partial charge in [-0.3, -0.25) is 0 Å². The van der Waals surface area contributed by atoms with E-state index in [1.807, 2.05) is 19.2 Å². The zero-order chi connectivity index (χ0) is 26.7. The number of hydrogen-bond donors (Lipinski definition) is 2. The van der Waals surface area contributed by atoms with Crippen LogP contribution in [0.4, 0.5) is 4.39 Å². The molecule has 0 radical (unpaired) electrons. The standard InChI is InChI=1S/C31H45FN4O/c1-24-8-10-26(11-9-24)13-12-25(18-21-34-4)6-5-7-30(35-33)36-22-19-29(20-23-36)37-28-16-14-27(15-17-28)31(2,3)32/h5,7-11,14-17,25,29,34H,6,12-13,18-23,33H2,1-4H3/b7-5-,35-30+. The molecule has 0 aliphatic carbocycles. The minimum absolute atomic E-state index is 0.135. The van der Waals surface area contributed by atoms with E-state index in [2.05, 4.69) is 58.7 Å². The molecule has 0 spiro atoms. The first-order valence-corrected chi connectivity index (χ1v) is 13.6. The predicted molar refractivity (Wildman–Crippen MR) is 153 cm³/mol. The SMILES string of the molecule is CNCCC(C/C=C\C(=N/N)N1CCC(Oc2ccc(C(C)(C)F)cc2)CC1)CCc1ccc(C)cc1. The molecule has 0 bridgehead atoms. The van der Waals surface area contributed by atoms with Crippen LogP contribution in [0.5, 0.6) is 5.75 Å². The summed E-state index contributed by atoms with van der Waals surface area (Å²) in [6.07, 6.45) is 10.7. The fraction of sp³-hybridized carbons (Fsp3) is 0.516. The first-order chi connectivity index (χ1) is 17.8. The third kappa shape index (κ3) is 9.51. The number of benzene rings is 2. The summed E-state index contributed by atoms with van der Waals surface area (Å²) in [4.78, 5) is 2.24. The van der Waals surface area contributed by atoms with Gasteiger partial charge in [-0.05, 0) is 95.3 Å². The van der Waals surface area contributed by atoms with Crippen molar-refractivity contribution >= 4 is 5.84 Å². The van der Waals surface area contributed by atoms with Crippen LogP contribution in [0, 0.1) is 12.8 Å². The van der Waals surface area contributed by atoms with Gasteiger partial charge in [0.2, 0.25) is 0 Å². The van der Waals surface area contributed by atoms with Crippen LogP contribution < -0.4 is 15.9 Å². The monoisotopic (exact) mass is 508 g/mol. The average molecular weight is 509 g/mol. The van der Waals surface area contributed by atoms with Gasteiger partial charge >= 0.3 is 0 Å². The van der Waals surface area contributed by atoms with Crippen LogP contribution in [0.2, 0.25) is 0 Å². The molecule has 2 aromatic carbocycles. The number of nitrogens with one attached hydrogen (secondary N) is 1. The molecule has 2 aromatic rings. The Bertz CT molecular complexity index is 987. The van der Waals surface area contributed by atoms with Gasteiger partial charge in [-0.25, -0.2) is 4.39 Å². The highest BCUT2D eigenvalue weighted by molar-refractivity contribution is 5.92. The summed E-state index contributed by atoms with van der Waals surface area (Å²) >= 11 is 0. The predicted octanol–water partition coefficient (Wildman–Crippen LogP) is 6.12. The number of aryl methyl sites for hydroxylation is 2. The second-order valence-electron chi connectivity index (χ2n) is 10.7. The highest BCUT2D eigenvalue weighted by atomic mass is 19.1. The Balaban J connectivity index is 1.46. The fourth-order valence-electron chi connectivity index (χ4n) is 4.78. The number of hydrogen-bond acceptors (Lipinski definition) is 4. The second kappa shape index (κ2) is 14.2. The van der Waals surface area contributed by atoms with Crippen molar-refractivity contribution in [3.05, 3.63) is 77.4 Å². The zero-order valence-corrected chi connectivity index (χ0v) is 23.1. The Labute approximate surface area is 223 Å². The Hall–Kier alpha value is -2.86. The van der Waals surface area contributed by atoms with Gasteiger partial charge in [-0.2, -0.15) is 5.10 Å². The summed E-state index contributed by atoms with van der Waals surface area (Å²) in [7, 11) is 2.01. The molecule has 5 nitrogen and oxygen atoms in total. The third-order valence-corrected chi connectivity index (χ3v) is 7.24. The van der Waals surface area contributed by atoms with E-state index in [0.717, 1.165) is 69.7 Å². The summed E-state index contributed by atoms with van der Waals surface area (Å²) in [6.45, 7) is 7.97. The number of piperidine rings is 1. The van der Waals surface area contributed by atoms with Crippen LogP contribution in [0.15, 0.2) is 65.8 Å². The first-order valence-electron chi connectivity index (χ1n) is 13.6. The Morgan fingerprint density at radius 3 is 2.41 bits per heavy atom. The molecule has 0 aromatic heterocycles. The maximum Gasteiger partial charge on any atom is 0.147 e. The van der Waals surface area contributed by atoms with Crippen molar-refractivity contribution in [3.8, 4) is 5.75 Å². The molecule has 1 aliphatic heterocycles. The number of allylic oxidation sites excluding steroid dienone is 1.